The zero-order chi connectivity index (χ0) is 72.4. The fourth-order valence-electron chi connectivity index (χ4n) is 12.0. The average Bonchev–Trinajstić information content (AvgIpc) is 1.08. The molecule has 3 N–H and O–H groups in total. The minimum absolute atomic E-state index is 0.106. The molecule has 0 radical (unpaired) electrons. The van der Waals surface area contributed by atoms with Crippen molar-refractivity contribution in [1.82, 2.24) is 0 Å². The molecule has 0 saturated heterocycles. The van der Waals surface area contributed by atoms with Crippen LogP contribution in [0.3, 0.4) is 0 Å². The molecule has 4 unspecified atom stereocenters. The molecule has 0 aliphatic rings. The van der Waals surface area contributed by atoms with Crippen molar-refractivity contribution in [3.63, 3.8) is 0 Å². The highest BCUT2D eigenvalue weighted by Crippen LogP contribution is 2.45. The minimum atomic E-state index is -4.96. The van der Waals surface area contributed by atoms with Crippen molar-refractivity contribution < 1.29 is 80.2 Å². The van der Waals surface area contributed by atoms with E-state index in [0.717, 1.165) is 114 Å². The highest BCUT2D eigenvalue weighted by Gasteiger charge is 2.30. The number of esters is 4. The summed E-state index contributed by atoms with van der Waals surface area (Å²) in [5, 5.41) is 10.6. The van der Waals surface area contributed by atoms with Gasteiger partial charge in [-0.2, -0.15) is 0 Å². The van der Waals surface area contributed by atoms with Gasteiger partial charge in [0.1, 0.15) is 19.3 Å². The number of unbranched alkanes of at least 4 members (excludes halogenated alkanes) is 41. The Bertz CT molecular complexity index is 1920. The molecule has 582 valence electrons. The molecule has 0 spiro atoms. The van der Waals surface area contributed by atoms with E-state index in [1.807, 2.05) is 0 Å². The van der Waals surface area contributed by atoms with Crippen LogP contribution in [-0.2, 0) is 65.4 Å². The molecule has 0 rings (SSSR count). The zero-order valence-corrected chi connectivity index (χ0v) is 66.2. The summed E-state index contributed by atoms with van der Waals surface area (Å²) in [6.07, 6.45) is 54.1. The molecule has 0 aromatic rings. The standard InChI is InChI=1S/C79H154O17P2/c1-9-72(8)58-50-42-34-26-22-23-29-37-46-54-62-79(84)95-74(65-89-76(81)59-51-43-35-27-20-15-13-11-10-12-14-18-24-31-39-47-55-69(2)3)67-93-97(85,86)91-63-73(80)64-92-98(87,88)94-68-75(66-90-77(82)60-52-44-38-30-33-41-49-57-71(6)7)96-78(83)61-53-45-36-28-21-17-16-19-25-32-40-48-56-70(4)5/h69-75,80H,9-68H2,1-8H3,(H,85,86)(H,87,88)/t72?,73?,74-,75-/m1/s1. The van der Waals surface area contributed by atoms with E-state index in [0.29, 0.717) is 31.6 Å². The van der Waals surface area contributed by atoms with E-state index < -0.39 is 97.5 Å². The highest BCUT2D eigenvalue weighted by atomic mass is 31.2. The molecular formula is C79H154O17P2. The van der Waals surface area contributed by atoms with Gasteiger partial charge in [-0.05, 0) is 49.4 Å². The van der Waals surface area contributed by atoms with Crippen molar-refractivity contribution in [2.75, 3.05) is 39.6 Å². The molecule has 0 aromatic heterocycles. The number of carbonyl (C=O) groups excluding carboxylic acids is 4. The Hall–Kier alpha value is -1.94. The van der Waals surface area contributed by atoms with E-state index in [2.05, 4.69) is 55.4 Å². The molecule has 0 saturated carbocycles. The third-order valence-electron chi connectivity index (χ3n) is 18.7. The van der Waals surface area contributed by atoms with Crippen molar-refractivity contribution in [3.8, 4) is 0 Å². The second-order valence-corrected chi connectivity index (χ2v) is 33.0. The number of phosphoric ester groups is 2. The second kappa shape index (κ2) is 68.2. The van der Waals surface area contributed by atoms with Gasteiger partial charge in [0.25, 0.3) is 0 Å². The molecule has 0 aliphatic heterocycles. The average molecular weight is 1440 g/mol. The number of phosphoric acid groups is 2. The summed E-state index contributed by atoms with van der Waals surface area (Å²) < 4.78 is 68.6. The predicted molar refractivity (Wildman–Crippen MR) is 400 cm³/mol. The Morgan fingerprint density at radius 3 is 0.724 bits per heavy atom. The first-order valence-corrected chi connectivity index (χ1v) is 43.7. The van der Waals surface area contributed by atoms with Crippen molar-refractivity contribution in [2.45, 2.75) is 420 Å². The summed E-state index contributed by atoms with van der Waals surface area (Å²) in [6, 6.07) is 0. The molecule has 98 heavy (non-hydrogen) atoms. The van der Waals surface area contributed by atoms with E-state index in [1.165, 1.54) is 199 Å². The first kappa shape index (κ1) is 96.1. The lowest BCUT2D eigenvalue weighted by Gasteiger charge is -2.21. The van der Waals surface area contributed by atoms with Gasteiger partial charge in [-0.3, -0.25) is 37.3 Å². The summed E-state index contributed by atoms with van der Waals surface area (Å²) in [5.74, 6) is 0.980. The SMILES string of the molecule is CCC(C)CCCCCCCCCCCCC(=O)O[C@H](COC(=O)CCCCCCCCCCCCCCCCCCC(C)C)COP(=O)(O)OCC(O)COP(=O)(O)OC[C@@H](COC(=O)CCCCCCCCCC(C)C)OC(=O)CCCCCCCCCCCCCCC(C)C. The van der Waals surface area contributed by atoms with E-state index in [4.69, 9.17) is 37.0 Å². The van der Waals surface area contributed by atoms with Crippen LogP contribution >= 0.6 is 15.6 Å². The number of rotatable bonds is 76. The second-order valence-electron chi connectivity index (χ2n) is 30.1. The maximum Gasteiger partial charge on any atom is 0.472 e. The van der Waals surface area contributed by atoms with Crippen molar-refractivity contribution in [1.29, 1.82) is 0 Å². The first-order valence-electron chi connectivity index (χ1n) is 40.7. The quantitative estimate of drug-likeness (QED) is 0.0222. The van der Waals surface area contributed by atoms with Crippen LogP contribution in [0.1, 0.15) is 402 Å². The van der Waals surface area contributed by atoms with E-state index in [-0.39, 0.29) is 25.7 Å². The number of hydrogen-bond donors (Lipinski definition) is 3. The topological polar surface area (TPSA) is 237 Å². The molecule has 0 fully saturated rings. The van der Waals surface area contributed by atoms with E-state index >= 15 is 0 Å². The Morgan fingerprint density at radius 2 is 0.490 bits per heavy atom. The summed E-state index contributed by atoms with van der Waals surface area (Å²) in [6.45, 7) is 14.2. The van der Waals surface area contributed by atoms with E-state index in [1.54, 1.807) is 0 Å². The molecular weight excluding hydrogens is 1280 g/mol. The van der Waals surface area contributed by atoms with Gasteiger partial charge in [-0.1, -0.05) is 351 Å². The molecule has 0 amide bonds. The fraction of sp³-hybridized carbons (Fsp3) is 0.949. The maximum absolute atomic E-state index is 13.1. The van der Waals surface area contributed by atoms with Gasteiger partial charge >= 0.3 is 39.5 Å². The van der Waals surface area contributed by atoms with E-state index in [9.17, 15) is 43.2 Å². The lowest BCUT2D eigenvalue weighted by atomic mass is 9.99. The third kappa shape index (κ3) is 71.1. The van der Waals surface area contributed by atoms with Crippen molar-refractivity contribution in [3.05, 3.63) is 0 Å². The van der Waals surface area contributed by atoms with Gasteiger partial charge in [0.05, 0.1) is 26.4 Å². The monoisotopic (exact) mass is 1440 g/mol. The third-order valence-corrected chi connectivity index (χ3v) is 20.6. The molecule has 0 heterocycles. The number of ether oxygens (including phenoxy) is 4. The lowest BCUT2D eigenvalue weighted by Crippen LogP contribution is -2.30. The van der Waals surface area contributed by atoms with Crippen LogP contribution in [0.15, 0.2) is 0 Å². The summed E-state index contributed by atoms with van der Waals surface area (Å²) in [4.78, 5) is 72.9. The molecule has 0 bridgehead atoms. The Morgan fingerprint density at radius 1 is 0.286 bits per heavy atom. The molecule has 19 heteroatoms. The van der Waals surface area contributed by atoms with Gasteiger partial charge in [0, 0.05) is 25.7 Å². The molecule has 0 aliphatic carbocycles. The van der Waals surface area contributed by atoms with Crippen LogP contribution in [0.5, 0.6) is 0 Å². The fourth-order valence-corrected chi connectivity index (χ4v) is 13.6. The number of hydrogen-bond acceptors (Lipinski definition) is 15. The molecule has 6 atom stereocenters. The summed E-state index contributed by atoms with van der Waals surface area (Å²) in [7, 11) is -9.92. The lowest BCUT2D eigenvalue weighted by molar-refractivity contribution is -0.161. The van der Waals surface area contributed by atoms with Crippen LogP contribution in [0.4, 0.5) is 0 Å². The van der Waals surface area contributed by atoms with Crippen LogP contribution in [-0.4, -0.2) is 96.7 Å². The van der Waals surface area contributed by atoms with Gasteiger partial charge in [-0.15, -0.1) is 0 Å². The van der Waals surface area contributed by atoms with Gasteiger partial charge < -0.3 is 33.8 Å². The van der Waals surface area contributed by atoms with Crippen LogP contribution in [0, 0.1) is 23.7 Å². The number of aliphatic hydroxyl groups is 1. The minimum Gasteiger partial charge on any atom is -0.462 e. The van der Waals surface area contributed by atoms with Gasteiger partial charge in [-0.25, -0.2) is 9.13 Å². The van der Waals surface area contributed by atoms with Crippen LogP contribution in [0.25, 0.3) is 0 Å². The Labute approximate surface area is 600 Å². The first-order chi connectivity index (χ1) is 47.1. The number of carbonyl (C=O) groups is 4. The summed E-state index contributed by atoms with van der Waals surface area (Å²) in [5.41, 5.74) is 0. The molecule has 17 nitrogen and oxygen atoms in total. The smallest absolute Gasteiger partial charge is 0.462 e. The largest absolute Gasteiger partial charge is 0.472 e. The normalized spacial score (nSPS) is 14.3. The predicted octanol–water partition coefficient (Wildman–Crippen LogP) is 23.2. The number of aliphatic hydroxyl groups excluding tert-OH is 1. The van der Waals surface area contributed by atoms with Gasteiger partial charge in [0.2, 0.25) is 0 Å². The zero-order valence-electron chi connectivity index (χ0n) is 64.4. The van der Waals surface area contributed by atoms with Crippen molar-refractivity contribution in [2.24, 2.45) is 23.7 Å². The Kier molecular flexibility index (Phi) is 66.8. The molecule has 0 aromatic carbocycles. The van der Waals surface area contributed by atoms with Crippen LogP contribution < -0.4 is 0 Å². The van der Waals surface area contributed by atoms with Gasteiger partial charge in [0.15, 0.2) is 12.2 Å². The summed E-state index contributed by atoms with van der Waals surface area (Å²) >= 11 is 0. The Balaban J connectivity index is 5.23. The van der Waals surface area contributed by atoms with Crippen LogP contribution in [0.2, 0.25) is 0 Å². The van der Waals surface area contributed by atoms with Crippen molar-refractivity contribution >= 4 is 39.5 Å². The highest BCUT2D eigenvalue weighted by molar-refractivity contribution is 7.47. The maximum atomic E-state index is 13.1.